The van der Waals surface area contributed by atoms with E-state index in [1.54, 1.807) is 0 Å². The van der Waals surface area contributed by atoms with Gasteiger partial charge in [0.05, 0.1) is 5.56 Å². The molecule has 80 valence electrons. The van der Waals surface area contributed by atoms with Crippen LogP contribution in [0, 0.1) is 6.92 Å². The maximum atomic E-state index is 11.7. The summed E-state index contributed by atoms with van der Waals surface area (Å²) in [6, 6.07) is 5.77. The van der Waals surface area contributed by atoms with Crippen LogP contribution in [0.25, 0.3) is 0 Å². The second-order valence-electron chi connectivity index (χ2n) is 3.89. The van der Waals surface area contributed by atoms with Gasteiger partial charge in [-0.1, -0.05) is 12.1 Å². The van der Waals surface area contributed by atoms with Gasteiger partial charge in [-0.2, -0.15) is 0 Å². The molecule has 0 amide bonds. The molecule has 0 bridgehead atoms. The van der Waals surface area contributed by atoms with Crippen LogP contribution < -0.4 is 5.32 Å². The lowest BCUT2D eigenvalue weighted by atomic mass is 9.94. The Morgan fingerprint density at radius 2 is 2.33 bits per heavy atom. The first-order valence-electron chi connectivity index (χ1n) is 5.16. The molecule has 15 heavy (non-hydrogen) atoms. The SMILES string of the molecule is CNCC1Cc2c(C)cccc2C(=O)O1. The summed E-state index contributed by atoms with van der Waals surface area (Å²) in [6.07, 6.45) is 0.783. The van der Waals surface area contributed by atoms with E-state index in [1.807, 2.05) is 32.2 Å². The fourth-order valence-electron chi connectivity index (χ4n) is 1.99. The molecule has 3 nitrogen and oxygen atoms in total. The van der Waals surface area contributed by atoms with Gasteiger partial charge >= 0.3 is 5.97 Å². The molecule has 1 aromatic rings. The van der Waals surface area contributed by atoms with Crippen molar-refractivity contribution in [2.75, 3.05) is 13.6 Å². The first-order valence-corrected chi connectivity index (χ1v) is 5.16. The third-order valence-corrected chi connectivity index (χ3v) is 2.77. The Morgan fingerprint density at radius 1 is 1.53 bits per heavy atom. The first kappa shape index (κ1) is 10.2. The van der Waals surface area contributed by atoms with Crippen LogP contribution in [0.15, 0.2) is 18.2 Å². The summed E-state index contributed by atoms with van der Waals surface area (Å²) in [5.74, 6) is -0.194. The van der Waals surface area contributed by atoms with Crippen molar-refractivity contribution in [3.8, 4) is 0 Å². The van der Waals surface area contributed by atoms with Gasteiger partial charge in [-0.25, -0.2) is 4.79 Å². The number of ether oxygens (including phenoxy) is 1. The smallest absolute Gasteiger partial charge is 0.338 e. The van der Waals surface area contributed by atoms with E-state index in [1.165, 1.54) is 5.56 Å². The molecule has 1 unspecified atom stereocenters. The average molecular weight is 205 g/mol. The van der Waals surface area contributed by atoms with Crippen LogP contribution in [0.4, 0.5) is 0 Å². The Labute approximate surface area is 89.4 Å². The average Bonchev–Trinajstić information content (AvgIpc) is 2.20. The Bertz CT molecular complexity index is 387. The van der Waals surface area contributed by atoms with E-state index in [2.05, 4.69) is 5.32 Å². The van der Waals surface area contributed by atoms with Crippen LogP contribution in [-0.4, -0.2) is 25.7 Å². The minimum Gasteiger partial charge on any atom is -0.457 e. The lowest BCUT2D eigenvalue weighted by Crippen LogP contribution is -2.35. The van der Waals surface area contributed by atoms with Gasteiger partial charge in [-0.3, -0.25) is 0 Å². The van der Waals surface area contributed by atoms with E-state index >= 15 is 0 Å². The number of aryl methyl sites for hydroxylation is 1. The standard InChI is InChI=1S/C12H15NO2/c1-8-4-3-5-10-11(8)6-9(7-13-2)15-12(10)14/h3-5,9,13H,6-7H2,1-2H3. The minimum absolute atomic E-state index is 0.0314. The zero-order chi connectivity index (χ0) is 10.8. The molecule has 2 rings (SSSR count). The molecule has 0 aromatic heterocycles. The maximum absolute atomic E-state index is 11.7. The number of benzene rings is 1. The highest BCUT2D eigenvalue weighted by atomic mass is 16.5. The van der Waals surface area contributed by atoms with E-state index in [9.17, 15) is 4.79 Å². The van der Waals surface area contributed by atoms with Crippen LogP contribution in [0.1, 0.15) is 21.5 Å². The highest BCUT2D eigenvalue weighted by molar-refractivity contribution is 5.92. The van der Waals surface area contributed by atoms with E-state index < -0.39 is 0 Å². The molecule has 0 fully saturated rings. The Kier molecular flexibility index (Phi) is 2.73. The highest BCUT2D eigenvalue weighted by Gasteiger charge is 2.26. The fraction of sp³-hybridized carbons (Fsp3) is 0.417. The second-order valence-corrected chi connectivity index (χ2v) is 3.89. The van der Waals surface area contributed by atoms with Crippen molar-refractivity contribution in [2.45, 2.75) is 19.4 Å². The summed E-state index contributed by atoms with van der Waals surface area (Å²) in [7, 11) is 1.86. The first-order chi connectivity index (χ1) is 7.22. The third-order valence-electron chi connectivity index (χ3n) is 2.77. The van der Waals surface area contributed by atoms with Crippen molar-refractivity contribution in [1.29, 1.82) is 0 Å². The number of esters is 1. The third kappa shape index (κ3) is 1.88. The number of likely N-dealkylation sites (N-methyl/N-ethyl adjacent to an activating group) is 1. The number of carbonyl (C=O) groups is 1. The van der Waals surface area contributed by atoms with Gasteiger partial charge in [0.25, 0.3) is 0 Å². The molecule has 0 aliphatic carbocycles. The van der Waals surface area contributed by atoms with Crippen molar-refractivity contribution in [3.63, 3.8) is 0 Å². The summed E-state index contributed by atoms with van der Waals surface area (Å²) in [5, 5.41) is 3.03. The Morgan fingerprint density at radius 3 is 3.07 bits per heavy atom. The molecule has 1 aromatic carbocycles. The van der Waals surface area contributed by atoms with Gasteiger partial charge in [-0.15, -0.1) is 0 Å². The van der Waals surface area contributed by atoms with E-state index in [0.29, 0.717) is 6.54 Å². The lowest BCUT2D eigenvalue weighted by Gasteiger charge is -2.25. The predicted octanol–water partition coefficient (Wildman–Crippen LogP) is 1.30. The summed E-state index contributed by atoms with van der Waals surface area (Å²) < 4.78 is 5.31. The monoisotopic (exact) mass is 205 g/mol. The number of rotatable bonds is 2. The highest BCUT2D eigenvalue weighted by Crippen LogP contribution is 2.23. The van der Waals surface area contributed by atoms with Crippen molar-refractivity contribution in [2.24, 2.45) is 0 Å². The van der Waals surface area contributed by atoms with Gasteiger partial charge in [0.1, 0.15) is 6.10 Å². The summed E-state index contributed by atoms with van der Waals surface area (Å²) in [6.45, 7) is 2.74. The van der Waals surface area contributed by atoms with Crippen LogP contribution in [0.5, 0.6) is 0 Å². The van der Waals surface area contributed by atoms with Gasteiger partial charge in [0.15, 0.2) is 0 Å². The molecule has 1 aliphatic heterocycles. The van der Waals surface area contributed by atoms with Crippen LogP contribution in [0.2, 0.25) is 0 Å². The molecule has 1 N–H and O–H groups in total. The number of hydrogen-bond donors (Lipinski definition) is 1. The topological polar surface area (TPSA) is 38.3 Å². The maximum Gasteiger partial charge on any atom is 0.338 e. The summed E-state index contributed by atoms with van der Waals surface area (Å²) >= 11 is 0. The molecular formula is C12H15NO2. The molecule has 0 saturated carbocycles. The van der Waals surface area contributed by atoms with Gasteiger partial charge < -0.3 is 10.1 Å². The van der Waals surface area contributed by atoms with E-state index in [4.69, 9.17) is 4.74 Å². The summed E-state index contributed by atoms with van der Waals surface area (Å²) in [5.41, 5.74) is 3.03. The molecule has 1 atom stereocenters. The zero-order valence-electron chi connectivity index (χ0n) is 9.04. The van der Waals surface area contributed by atoms with Gasteiger partial charge in [0.2, 0.25) is 0 Å². The van der Waals surface area contributed by atoms with Crippen LogP contribution in [0.3, 0.4) is 0 Å². The number of carbonyl (C=O) groups excluding carboxylic acids is 1. The van der Waals surface area contributed by atoms with Crippen molar-refractivity contribution < 1.29 is 9.53 Å². The molecular weight excluding hydrogens is 190 g/mol. The largest absolute Gasteiger partial charge is 0.457 e. The minimum atomic E-state index is -0.194. The second kappa shape index (κ2) is 4.03. The van der Waals surface area contributed by atoms with Crippen LogP contribution in [-0.2, 0) is 11.2 Å². The molecule has 3 heteroatoms. The molecule has 0 saturated heterocycles. The van der Waals surface area contributed by atoms with E-state index in [0.717, 1.165) is 17.5 Å². The van der Waals surface area contributed by atoms with Gasteiger partial charge in [-0.05, 0) is 31.2 Å². The zero-order valence-corrected chi connectivity index (χ0v) is 9.04. The van der Waals surface area contributed by atoms with Crippen molar-refractivity contribution in [1.82, 2.24) is 5.32 Å². The quantitative estimate of drug-likeness (QED) is 0.739. The number of hydrogen-bond acceptors (Lipinski definition) is 3. The Hall–Kier alpha value is -1.35. The Balaban J connectivity index is 2.33. The normalized spacial score (nSPS) is 19.6. The van der Waals surface area contributed by atoms with Crippen LogP contribution >= 0.6 is 0 Å². The number of cyclic esters (lactones) is 1. The summed E-state index contributed by atoms with van der Waals surface area (Å²) in [4.78, 5) is 11.7. The van der Waals surface area contributed by atoms with Gasteiger partial charge in [0, 0.05) is 13.0 Å². The molecule has 1 aliphatic rings. The van der Waals surface area contributed by atoms with Crippen molar-refractivity contribution in [3.05, 3.63) is 34.9 Å². The fourth-order valence-corrected chi connectivity index (χ4v) is 1.99. The molecule has 0 spiro atoms. The molecule has 1 heterocycles. The van der Waals surface area contributed by atoms with E-state index in [-0.39, 0.29) is 12.1 Å². The predicted molar refractivity (Wildman–Crippen MR) is 58.0 cm³/mol. The molecule has 0 radical (unpaired) electrons. The number of nitrogens with one attached hydrogen (secondary N) is 1. The lowest BCUT2D eigenvalue weighted by molar-refractivity contribution is 0.0263. The van der Waals surface area contributed by atoms with Crippen molar-refractivity contribution >= 4 is 5.97 Å². The number of fused-ring (bicyclic) bond motifs is 1.